The van der Waals surface area contributed by atoms with Crippen molar-refractivity contribution < 1.29 is 74.7 Å². The minimum absolute atomic E-state index is 0.0462. The number of ketones is 2. The van der Waals surface area contributed by atoms with Crippen LogP contribution in [0.15, 0.2) is 133 Å². The second-order valence-corrected chi connectivity index (χ2v) is 13.2. The number of alkyl halides is 6. The zero-order chi connectivity index (χ0) is 44.4. The molecule has 0 aliphatic heterocycles. The first-order valence-electron chi connectivity index (χ1n) is 17.8. The van der Waals surface area contributed by atoms with Crippen molar-refractivity contribution in [2.45, 2.75) is 37.3 Å². The second-order valence-electron chi connectivity index (χ2n) is 13.2. The molecule has 17 heteroatoms. The largest absolute Gasteiger partial charge is 0.573 e. The monoisotopic (exact) mass is 849 g/mol. The first-order valence-corrected chi connectivity index (χ1v) is 17.8. The van der Waals surface area contributed by atoms with Crippen LogP contribution in [0.3, 0.4) is 0 Å². The quantitative estimate of drug-likeness (QED) is 0.0288. The van der Waals surface area contributed by atoms with Crippen LogP contribution in [0.5, 0.6) is 23.0 Å². The van der Waals surface area contributed by atoms with Crippen LogP contribution >= 0.6 is 0 Å². The minimum atomic E-state index is -4.90. The maximum absolute atomic E-state index is 13.6. The van der Waals surface area contributed by atoms with Gasteiger partial charge in [0.05, 0.1) is 11.1 Å². The molecule has 0 saturated heterocycles. The molecule has 0 spiro atoms. The highest BCUT2D eigenvalue weighted by Crippen LogP contribution is 2.27. The fraction of sp³-hybridized carbons (Fsp3) is 0.136. The number of hydrogen-bond acceptors (Lipinski definition) is 11. The van der Waals surface area contributed by atoms with E-state index in [1.807, 2.05) is 0 Å². The average Bonchev–Trinajstić information content (AvgIpc) is 3.20. The number of carbonyl (C=O) groups excluding carboxylic acids is 4. The van der Waals surface area contributed by atoms with E-state index in [1.165, 1.54) is 60.7 Å². The van der Waals surface area contributed by atoms with E-state index in [2.05, 4.69) is 9.47 Å². The molecule has 316 valence electrons. The molecule has 5 aromatic rings. The van der Waals surface area contributed by atoms with Crippen molar-refractivity contribution in [3.8, 4) is 23.0 Å². The number of nitrogens with two attached hydrogens (primary N) is 1. The number of anilines is 1. The lowest BCUT2D eigenvalue weighted by Gasteiger charge is -2.27. The zero-order valence-electron chi connectivity index (χ0n) is 31.4. The van der Waals surface area contributed by atoms with E-state index in [4.69, 9.17) is 15.2 Å². The van der Waals surface area contributed by atoms with Gasteiger partial charge >= 0.3 is 24.7 Å². The van der Waals surface area contributed by atoms with Crippen molar-refractivity contribution in [3.63, 3.8) is 0 Å². The van der Waals surface area contributed by atoms with Gasteiger partial charge < -0.3 is 34.9 Å². The topological polar surface area (TPSA) is 172 Å². The van der Waals surface area contributed by atoms with Gasteiger partial charge in [0.1, 0.15) is 34.7 Å². The van der Waals surface area contributed by atoms with Crippen LogP contribution in [-0.2, 0) is 16.0 Å². The van der Waals surface area contributed by atoms with Gasteiger partial charge in [-0.1, -0.05) is 48.6 Å². The number of esters is 2. The van der Waals surface area contributed by atoms with Gasteiger partial charge in [0.25, 0.3) is 0 Å². The van der Waals surface area contributed by atoms with Gasteiger partial charge in [-0.05, 0) is 114 Å². The van der Waals surface area contributed by atoms with Crippen molar-refractivity contribution in [1.82, 2.24) is 0 Å². The highest BCUT2D eigenvalue weighted by molar-refractivity contribution is 6.02. The van der Waals surface area contributed by atoms with Crippen molar-refractivity contribution in [2.24, 2.45) is 0 Å². The number of halogens is 6. The number of ether oxygens (including phenoxy) is 4. The third-order valence-electron chi connectivity index (χ3n) is 8.49. The van der Waals surface area contributed by atoms with E-state index >= 15 is 0 Å². The summed E-state index contributed by atoms with van der Waals surface area (Å²) in [5, 5.41) is 22.6. The number of benzene rings is 5. The number of nitrogen functional groups attached to an aromatic ring is 1. The Bertz CT molecular complexity index is 2380. The van der Waals surface area contributed by atoms with Crippen LogP contribution < -0.4 is 24.7 Å². The Morgan fingerprint density at radius 2 is 0.967 bits per heavy atom. The van der Waals surface area contributed by atoms with Gasteiger partial charge in [-0.2, -0.15) is 0 Å². The first kappa shape index (κ1) is 44.9. The molecule has 5 rings (SSSR count). The molecule has 0 aromatic heterocycles. The van der Waals surface area contributed by atoms with Crippen molar-refractivity contribution in [3.05, 3.63) is 161 Å². The lowest BCUT2D eigenvalue weighted by atomic mass is 9.83. The summed E-state index contributed by atoms with van der Waals surface area (Å²) in [7, 11) is 0. The van der Waals surface area contributed by atoms with E-state index in [9.17, 15) is 55.7 Å². The molecule has 0 fully saturated rings. The number of aliphatic hydroxyl groups is 2. The fourth-order valence-corrected chi connectivity index (χ4v) is 5.48. The number of hydrogen-bond donors (Lipinski definition) is 3. The van der Waals surface area contributed by atoms with Crippen molar-refractivity contribution in [1.29, 1.82) is 0 Å². The molecular formula is C44H33F6NO10. The summed E-state index contributed by atoms with van der Waals surface area (Å²) < 4.78 is 92.5. The Hall–Kier alpha value is -7.24. The fourth-order valence-electron chi connectivity index (χ4n) is 5.48. The van der Waals surface area contributed by atoms with E-state index in [1.54, 1.807) is 24.3 Å². The molecule has 0 saturated carbocycles. The molecular weight excluding hydrogens is 816 g/mol. The summed E-state index contributed by atoms with van der Waals surface area (Å²) in [5.74, 6) is -4.31. The zero-order valence-corrected chi connectivity index (χ0v) is 31.4. The molecule has 2 unspecified atom stereocenters. The summed E-state index contributed by atoms with van der Waals surface area (Å²) in [6, 6.07) is 25.9. The maximum Gasteiger partial charge on any atom is 0.573 e. The van der Waals surface area contributed by atoms with Crippen molar-refractivity contribution in [2.75, 3.05) is 5.73 Å². The number of carbonyl (C=O) groups is 4. The van der Waals surface area contributed by atoms with Crippen LogP contribution in [0.4, 0.5) is 32.0 Å². The third kappa shape index (κ3) is 13.9. The van der Waals surface area contributed by atoms with Gasteiger partial charge in [-0.15, -0.1) is 26.3 Å². The molecule has 61 heavy (non-hydrogen) atoms. The summed E-state index contributed by atoms with van der Waals surface area (Å²) >= 11 is 0. The van der Waals surface area contributed by atoms with Crippen molar-refractivity contribution >= 4 is 41.3 Å². The highest BCUT2D eigenvalue weighted by Gasteiger charge is 2.38. The van der Waals surface area contributed by atoms with E-state index in [0.717, 1.165) is 60.7 Å². The Morgan fingerprint density at radius 3 is 1.38 bits per heavy atom. The molecule has 0 heterocycles. The standard InChI is InChI=1S/C44H33F6NO10/c45-43(46,47)60-35-19-9-30(10-20-35)40(55)58-33-15-3-27(4-16-33)7-23-37(52)38(53)26-42(57,25-29-1-13-32(51)14-2-29)39(54)24-8-28-5-17-34(18-6-28)59-41(56)31-11-21-36(22-12-31)61-44(48,49)50/h1-24,38,53,57H,25-26,51H2/b23-7+,24-8+. The lowest BCUT2D eigenvalue weighted by molar-refractivity contribution is -0.275. The lowest BCUT2D eigenvalue weighted by Crippen LogP contribution is -2.44. The van der Waals surface area contributed by atoms with Gasteiger partial charge in [0, 0.05) is 18.5 Å². The Morgan fingerprint density at radius 1 is 0.574 bits per heavy atom. The molecule has 0 amide bonds. The summed E-state index contributed by atoms with van der Waals surface area (Å²) in [6.07, 6.45) is -7.88. The van der Waals surface area contributed by atoms with Crippen LogP contribution in [0, 0.1) is 0 Å². The SMILES string of the molecule is Nc1ccc(CC(O)(CC(O)C(=O)/C=C/c2ccc(OC(=O)c3ccc(OC(F)(F)F)cc3)cc2)C(=O)/C=C/c2ccc(OC(=O)c3ccc(OC(F)(F)F)cc3)cc2)cc1. The molecule has 11 nitrogen and oxygen atoms in total. The van der Waals surface area contributed by atoms with Crippen LogP contribution in [-0.4, -0.2) is 58.1 Å². The molecule has 0 bridgehead atoms. The number of aliphatic hydroxyl groups excluding tert-OH is 1. The summed E-state index contributed by atoms with van der Waals surface area (Å²) in [4.78, 5) is 51.5. The molecule has 2 atom stereocenters. The molecule has 0 radical (unpaired) electrons. The van der Waals surface area contributed by atoms with E-state index in [-0.39, 0.29) is 29.0 Å². The maximum atomic E-state index is 13.6. The predicted molar refractivity (Wildman–Crippen MR) is 207 cm³/mol. The average molecular weight is 850 g/mol. The van der Waals surface area contributed by atoms with Crippen LogP contribution in [0.25, 0.3) is 12.2 Å². The first-order chi connectivity index (χ1) is 28.7. The number of rotatable bonds is 16. The van der Waals surface area contributed by atoms with Crippen LogP contribution in [0.1, 0.15) is 43.8 Å². The van der Waals surface area contributed by atoms with Crippen LogP contribution in [0.2, 0.25) is 0 Å². The molecule has 5 aromatic carbocycles. The Balaban J connectivity index is 1.20. The molecule has 4 N–H and O–H groups in total. The summed E-state index contributed by atoms with van der Waals surface area (Å²) in [6.45, 7) is 0. The van der Waals surface area contributed by atoms with Gasteiger partial charge in [-0.3, -0.25) is 9.59 Å². The van der Waals surface area contributed by atoms with Gasteiger partial charge in [0.15, 0.2) is 11.6 Å². The molecule has 0 aliphatic rings. The third-order valence-corrected chi connectivity index (χ3v) is 8.49. The second kappa shape index (κ2) is 19.2. The smallest absolute Gasteiger partial charge is 0.423 e. The van der Waals surface area contributed by atoms with Gasteiger partial charge in [0.2, 0.25) is 0 Å². The summed E-state index contributed by atoms with van der Waals surface area (Å²) in [5.41, 5.74) is 5.13. The minimum Gasteiger partial charge on any atom is -0.423 e. The normalized spacial score (nSPS) is 13.3. The Labute approximate surface area is 342 Å². The Kier molecular flexibility index (Phi) is 14.1. The predicted octanol–water partition coefficient (Wildman–Crippen LogP) is 8.09. The van der Waals surface area contributed by atoms with E-state index in [0.29, 0.717) is 22.4 Å². The van der Waals surface area contributed by atoms with Gasteiger partial charge in [-0.25, -0.2) is 9.59 Å². The van der Waals surface area contributed by atoms with E-state index < -0.39 is 65.9 Å². The highest BCUT2D eigenvalue weighted by atomic mass is 19.4. The molecule has 0 aliphatic carbocycles.